The van der Waals surface area contributed by atoms with Gasteiger partial charge in [0.25, 0.3) is 0 Å². The highest BCUT2D eigenvalue weighted by Crippen LogP contribution is 2.22. The molecule has 2 aromatic rings. The molecule has 0 spiro atoms. The molecule has 0 bridgehead atoms. The predicted octanol–water partition coefficient (Wildman–Crippen LogP) is 1.22. The highest BCUT2D eigenvalue weighted by molar-refractivity contribution is 5.82. The minimum Gasteiger partial charge on any atom is -0.488 e. The molecule has 0 aliphatic carbocycles. The first-order valence-corrected chi connectivity index (χ1v) is 5.15. The predicted molar refractivity (Wildman–Crippen MR) is 58.1 cm³/mol. The van der Waals surface area contributed by atoms with Crippen molar-refractivity contribution in [1.82, 2.24) is 15.5 Å². The first-order chi connectivity index (χ1) is 7.33. The maximum absolute atomic E-state index is 5.75. The third-order valence-corrected chi connectivity index (χ3v) is 2.76. The Labute approximate surface area is 87.6 Å². The summed E-state index contributed by atoms with van der Waals surface area (Å²) < 4.78 is 5.75. The van der Waals surface area contributed by atoms with E-state index in [0.717, 1.165) is 35.4 Å². The van der Waals surface area contributed by atoms with Crippen LogP contribution in [0.2, 0.25) is 0 Å². The number of aromatic amines is 1. The van der Waals surface area contributed by atoms with Gasteiger partial charge in [0.15, 0.2) is 0 Å². The number of aromatic nitrogens is 2. The maximum atomic E-state index is 5.75. The SMILES string of the molecule is Cc1[nH]nc2cc(OC3CNC3)ccc12. The van der Waals surface area contributed by atoms with Crippen LogP contribution in [0.4, 0.5) is 0 Å². The van der Waals surface area contributed by atoms with Crippen LogP contribution in [0.3, 0.4) is 0 Å². The zero-order valence-electron chi connectivity index (χ0n) is 8.58. The van der Waals surface area contributed by atoms with Crippen LogP contribution in [0.5, 0.6) is 5.75 Å². The molecule has 0 amide bonds. The van der Waals surface area contributed by atoms with Crippen LogP contribution < -0.4 is 10.1 Å². The molecule has 1 aliphatic heterocycles. The van der Waals surface area contributed by atoms with Crippen molar-refractivity contribution in [3.63, 3.8) is 0 Å². The third-order valence-electron chi connectivity index (χ3n) is 2.76. The van der Waals surface area contributed by atoms with Gasteiger partial charge in [-0.05, 0) is 19.1 Å². The highest BCUT2D eigenvalue weighted by atomic mass is 16.5. The summed E-state index contributed by atoms with van der Waals surface area (Å²) in [5.74, 6) is 0.903. The van der Waals surface area contributed by atoms with Gasteiger partial charge in [0, 0.05) is 30.2 Å². The van der Waals surface area contributed by atoms with Gasteiger partial charge >= 0.3 is 0 Å². The van der Waals surface area contributed by atoms with Crippen molar-refractivity contribution in [1.29, 1.82) is 0 Å². The van der Waals surface area contributed by atoms with Crippen molar-refractivity contribution in [2.24, 2.45) is 0 Å². The van der Waals surface area contributed by atoms with Crippen LogP contribution in [-0.4, -0.2) is 29.4 Å². The summed E-state index contributed by atoms with van der Waals surface area (Å²) in [7, 11) is 0. The second-order valence-electron chi connectivity index (χ2n) is 3.93. The fraction of sp³-hybridized carbons (Fsp3) is 0.364. The van der Waals surface area contributed by atoms with Gasteiger partial charge in [-0.1, -0.05) is 0 Å². The van der Waals surface area contributed by atoms with Crippen molar-refractivity contribution < 1.29 is 4.74 Å². The van der Waals surface area contributed by atoms with E-state index < -0.39 is 0 Å². The van der Waals surface area contributed by atoms with Gasteiger partial charge in [-0.15, -0.1) is 0 Å². The van der Waals surface area contributed by atoms with Crippen LogP contribution >= 0.6 is 0 Å². The number of nitrogens with zero attached hydrogens (tertiary/aromatic N) is 1. The Morgan fingerprint density at radius 1 is 1.40 bits per heavy atom. The van der Waals surface area contributed by atoms with Gasteiger partial charge in [0.05, 0.1) is 5.52 Å². The zero-order chi connectivity index (χ0) is 10.3. The average Bonchev–Trinajstić information content (AvgIpc) is 2.54. The first kappa shape index (κ1) is 8.73. The lowest BCUT2D eigenvalue weighted by atomic mass is 10.2. The van der Waals surface area contributed by atoms with E-state index in [1.54, 1.807) is 0 Å². The minimum absolute atomic E-state index is 0.322. The van der Waals surface area contributed by atoms with Crippen LogP contribution in [-0.2, 0) is 0 Å². The molecule has 1 aromatic carbocycles. The summed E-state index contributed by atoms with van der Waals surface area (Å²) in [6.45, 7) is 3.90. The Morgan fingerprint density at radius 2 is 2.27 bits per heavy atom. The van der Waals surface area contributed by atoms with Crippen molar-refractivity contribution in [2.45, 2.75) is 13.0 Å². The van der Waals surface area contributed by atoms with Gasteiger partial charge in [0.2, 0.25) is 0 Å². The Morgan fingerprint density at radius 3 is 3.00 bits per heavy atom. The second kappa shape index (κ2) is 3.24. The molecule has 0 atom stereocenters. The number of fused-ring (bicyclic) bond motifs is 1. The summed E-state index contributed by atoms with van der Waals surface area (Å²) in [4.78, 5) is 0. The lowest BCUT2D eigenvalue weighted by molar-refractivity contribution is 0.142. The van der Waals surface area contributed by atoms with E-state index in [0.29, 0.717) is 6.10 Å². The number of nitrogens with one attached hydrogen (secondary N) is 2. The highest BCUT2D eigenvalue weighted by Gasteiger charge is 2.18. The van der Waals surface area contributed by atoms with Crippen LogP contribution in [0.15, 0.2) is 18.2 Å². The lowest BCUT2D eigenvalue weighted by Crippen LogP contribution is -2.50. The molecule has 2 N–H and O–H groups in total. The van der Waals surface area contributed by atoms with E-state index in [4.69, 9.17) is 4.74 Å². The van der Waals surface area contributed by atoms with Crippen LogP contribution in [0.25, 0.3) is 10.9 Å². The van der Waals surface area contributed by atoms with Crippen molar-refractivity contribution in [3.8, 4) is 5.75 Å². The summed E-state index contributed by atoms with van der Waals surface area (Å²) in [5.41, 5.74) is 2.07. The number of ether oxygens (including phenoxy) is 1. The molecule has 1 saturated heterocycles. The average molecular weight is 203 g/mol. The topological polar surface area (TPSA) is 49.9 Å². The summed E-state index contributed by atoms with van der Waals surface area (Å²) in [6.07, 6.45) is 0.322. The number of benzene rings is 1. The molecule has 1 aromatic heterocycles. The minimum atomic E-state index is 0.322. The normalized spacial score (nSPS) is 16.6. The zero-order valence-corrected chi connectivity index (χ0v) is 8.58. The Kier molecular flexibility index (Phi) is 1.89. The monoisotopic (exact) mass is 203 g/mol. The van der Waals surface area contributed by atoms with Crippen molar-refractivity contribution in [3.05, 3.63) is 23.9 Å². The van der Waals surface area contributed by atoms with Crippen molar-refractivity contribution >= 4 is 10.9 Å². The second-order valence-corrected chi connectivity index (χ2v) is 3.93. The molecule has 1 fully saturated rings. The van der Waals surface area contributed by atoms with Crippen LogP contribution in [0.1, 0.15) is 5.69 Å². The maximum Gasteiger partial charge on any atom is 0.123 e. The smallest absolute Gasteiger partial charge is 0.123 e. The molecular weight excluding hydrogens is 190 g/mol. The Hall–Kier alpha value is -1.55. The quantitative estimate of drug-likeness (QED) is 0.771. The molecule has 4 heteroatoms. The molecule has 1 aliphatic rings. The molecule has 3 rings (SSSR count). The molecule has 78 valence electrons. The molecule has 2 heterocycles. The van der Waals surface area contributed by atoms with Gasteiger partial charge in [0.1, 0.15) is 11.9 Å². The van der Waals surface area contributed by atoms with Crippen molar-refractivity contribution in [2.75, 3.05) is 13.1 Å². The standard InChI is InChI=1S/C11H13N3O/c1-7-10-3-2-8(4-11(10)14-13-7)15-9-5-12-6-9/h2-4,9,12H,5-6H2,1H3,(H,13,14). The number of hydrogen-bond donors (Lipinski definition) is 2. The Balaban J connectivity index is 1.91. The number of H-pyrrole nitrogens is 1. The van der Waals surface area contributed by atoms with E-state index in [-0.39, 0.29) is 0 Å². The van der Waals surface area contributed by atoms with Gasteiger partial charge in [-0.3, -0.25) is 5.10 Å². The third kappa shape index (κ3) is 1.47. The van der Waals surface area contributed by atoms with E-state index in [1.807, 2.05) is 19.1 Å². The van der Waals surface area contributed by atoms with Gasteiger partial charge in [-0.25, -0.2) is 0 Å². The number of hydrogen-bond acceptors (Lipinski definition) is 3. The fourth-order valence-electron chi connectivity index (χ4n) is 1.74. The van der Waals surface area contributed by atoms with Gasteiger partial charge in [-0.2, -0.15) is 5.10 Å². The molecular formula is C11H13N3O. The van der Waals surface area contributed by atoms with Crippen LogP contribution in [0, 0.1) is 6.92 Å². The van der Waals surface area contributed by atoms with E-state index in [9.17, 15) is 0 Å². The van der Waals surface area contributed by atoms with E-state index >= 15 is 0 Å². The summed E-state index contributed by atoms with van der Waals surface area (Å²) in [6, 6.07) is 6.04. The molecule has 0 radical (unpaired) electrons. The molecule has 0 saturated carbocycles. The summed E-state index contributed by atoms with van der Waals surface area (Å²) in [5, 5.41) is 11.5. The molecule has 0 unspecified atom stereocenters. The molecule has 4 nitrogen and oxygen atoms in total. The first-order valence-electron chi connectivity index (χ1n) is 5.15. The molecule has 15 heavy (non-hydrogen) atoms. The Bertz CT molecular complexity index is 488. The largest absolute Gasteiger partial charge is 0.488 e. The number of rotatable bonds is 2. The number of aryl methyl sites for hydroxylation is 1. The van der Waals surface area contributed by atoms with E-state index in [1.165, 1.54) is 0 Å². The van der Waals surface area contributed by atoms with Gasteiger partial charge < -0.3 is 10.1 Å². The lowest BCUT2D eigenvalue weighted by Gasteiger charge is -2.27. The fourth-order valence-corrected chi connectivity index (χ4v) is 1.74. The van der Waals surface area contributed by atoms with E-state index in [2.05, 4.69) is 21.6 Å². The summed E-state index contributed by atoms with van der Waals surface area (Å²) >= 11 is 0.